The van der Waals surface area contributed by atoms with Gasteiger partial charge in [0, 0.05) is 62.8 Å². The van der Waals surface area contributed by atoms with Crippen molar-refractivity contribution >= 4 is 5.95 Å². The molecule has 0 radical (unpaired) electrons. The van der Waals surface area contributed by atoms with Gasteiger partial charge < -0.3 is 9.80 Å². The summed E-state index contributed by atoms with van der Waals surface area (Å²) in [6.07, 6.45) is 10.7. The third-order valence-corrected chi connectivity index (χ3v) is 7.05. The Hall–Kier alpha value is -1.20. The van der Waals surface area contributed by atoms with Gasteiger partial charge in [-0.1, -0.05) is 20.8 Å². The van der Waals surface area contributed by atoms with Crippen molar-refractivity contribution in [1.29, 1.82) is 0 Å². The minimum Gasteiger partial charge on any atom is -0.335 e. The van der Waals surface area contributed by atoms with Crippen molar-refractivity contribution in [1.82, 2.24) is 19.8 Å². The Morgan fingerprint density at radius 3 is 2.11 bits per heavy atom. The lowest BCUT2D eigenvalue weighted by molar-refractivity contribution is 0.127. The highest BCUT2D eigenvalue weighted by Gasteiger charge is 2.42. The van der Waals surface area contributed by atoms with E-state index in [1.807, 2.05) is 0 Å². The molecule has 1 aromatic heterocycles. The van der Waals surface area contributed by atoms with Crippen LogP contribution in [0.1, 0.15) is 58.4 Å². The first-order valence-corrected chi connectivity index (χ1v) is 11.2. The van der Waals surface area contributed by atoms with Gasteiger partial charge >= 0.3 is 0 Å². The summed E-state index contributed by atoms with van der Waals surface area (Å²) in [4.78, 5) is 17.3. The SMILES string of the molecule is CCCN1CCN(Cc2cnc(N3C4CCC3CC(C(C)C)C4)nc2)CC1. The molecule has 150 valence electrons. The monoisotopic (exact) mass is 371 g/mol. The topological polar surface area (TPSA) is 35.5 Å². The van der Waals surface area contributed by atoms with E-state index < -0.39 is 0 Å². The third kappa shape index (κ3) is 4.29. The maximum absolute atomic E-state index is 4.80. The van der Waals surface area contributed by atoms with Gasteiger partial charge in [-0.25, -0.2) is 9.97 Å². The molecule has 3 fully saturated rings. The molecular formula is C22H37N5. The van der Waals surface area contributed by atoms with Crippen LogP contribution in [0.15, 0.2) is 12.4 Å². The van der Waals surface area contributed by atoms with Gasteiger partial charge in [0.2, 0.25) is 5.95 Å². The second-order valence-electron chi connectivity index (χ2n) is 9.28. The first-order chi connectivity index (χ1) is 13.1. The quantitative estimate of drug-likeness (QED) is 0.766. The van der Waals surface area contributed by atoms with Crippen LogP contribution < -0.4 is 4.90 Å². The van der Waals surface area contributed by atoms with Gasteiger partial charge in [0.1, 0.15) is 0 Å². The zero-order valence-corrected chi connectivity index (χ0v) is 17.5. The summed E-state index contributed by atoms with van der Waals surface area (Å²) in [5, 5.41) is 0. The minimum atomic E-state index is 0.661. The summed E-state index contributed by atoms with van der Waals surface area (Å²) in [6, 6.07) is 1.32. The van der Waals surface area contributed by atoms with E-state index in [0.29, 0.717) is 12.1 Å². The number of fused-ring (bicyclic) bond motifs is 2. The van der Waals surface area contributed by atoms with E-state index in [2.05, 4.69) is 47.9 Å². The summed E-state index contributed by atoms with van der Waals surface area (Å²) >= 11 is 0. The van der Waals surface area contributed by atoms with Gasteiger partial charge in [-0.3, -0.25) is 4.90 Å². The number of hydrogen-bond donors (Lipinski definition) is 0. The van der Waals surface area contributed by atoms with Crippen LogP contribution in [0.5, 0.6) is 0 Å². The van der Waals surface area contributed by atoms with Crippen LogP contribution >= 0.6 is 0 Å². The molecule has 0 amide bonds. The predicted octanol–water partition coefficient (Wildman–Crippen LogP) is 3.41. The van der Waals surface area contributed by atoms with Crippen molar-refractivity contribution in [2.45, 2.75) is 71.5 Å². The number of piperidine rings is 1. The molecule has 2 atom stereocenters. The number of aromatic nitrogens is 2. The van der Waals surface area contributed by atoms with E-state index in [-0.39, 0.29) is 0 Å². The summed E-state index contributed by atoms with van der Waals surface area (Å²) in [5.74, 6) is 2.65. The first kappa shape index (κ1) is 19.1. The average Bonchev–Trinajstić information content (AvgIpc) is 2.93. The fourth-order valence-electron chi connectivity index (χ4n) is 5.40. The number of piperazine rings is 1. The van der Waals surface area contributed by atoms with Crippen LogP contribution in [0.2, 0.25) is 0 Å². The highest BCUT2D eigenvalue weighted by Crippen LogP contribution is 2.42. The fourth-order valence-corrected chi connectivity index (χ4v) is 5.40. The van der Waals surface area contributed by atoms with Crippen LogP contribution in [0.4, 0.5) is 5.95 Å². The van der Waals surface area contributed by atoms with Crippen LogP contribution in [0.25, 0.3) is 0 Å². The maximum atomic E-state index is 4.80. The van der Waals surface area contributed by atoms with Crippen molar-refractivity contribution in [3.63, 3.8) is 0 Å². The predicted molar refractivity (Wildman–Crippen MR) is 111 cm³/mol. The van der Waals surface area contributed by atoms with Crippen LogP contribution in [0.3, 0.4) is 0 Å². The van der Waals surface area contributed by atoms with Crippen molar-refractivity contribution in [2.24, 2.45) is 11.8 Å². The van der Waals surface area contributed by atoms with E-state index in [4.69, 9.17) is 9.97 Å². The normalized spacial score (nSPS) is 29.6. The number of rotatable bonds is 6. The van der Waals surface area contributed by atoms with Crippen LogP contribution in [-0.4, -0.2) is 64.6 Å². The van der Waals surface area contributed by atoms with E-state index >= 15 is 0 Å². The van der Waals surface area contributed by atoms with Gasteiger partial charge in [0.25, 0.3) is 0 Å². The number of anilines is 1. The summed E-state index contributed by atoms with van der Waals surface area (Å²) in [6.45, 7) is 14.0. The molecular weight excluding hydrogens is 334 g/mol. The molecule has 0 spiro atoms. The largest absolute Gasteiger partial charge is 0.335 e. The highest BCUT2D eigenvalue weighted by molar-refractivity contribution is 5.37. The number of nitrogens with zero attached hydrogens (tertiary/aromatic N) is 5. The van der Waals surface area contributed by atoms with Crippen LogP contribution in [0, 0.1) is 11.8 Å². The van der Waals surface area contributed by atoms with Crippen molar-refractivity contribution in [3.05, 3.63) is 18.0 Å². The average molecular weight is 372 g/mol. The molecule has 3 aliphatic heterocycles. The molecule has 27 heavy (non-hydrogen) atoms. The van der Waals surface area contributed by atoms with Gasteiger partial charge in [0.05, 0.1) is 0 Å². The first-order valence-electron chi connectivity index (χ1n) is 11.2. The summed E-state index contributed by atoms with van der Waals surface area (Å²) in [5.41, 5.74) is 1.26. The second kappa shape index (κ2) is 8.44. The zero-order chi connectivity index (χ0) is 18.8. The lowest BCUT2D eigenvalue weighted by atomic mass is 9.83. The fraction of sp³-hybridized carbons (Fsp3) is 0.818. The molecule has 5 heteroatoms. The van der Waals surface area contributed by atoms with E-state index in [0.717, 1.165) is 37.4 Å². The Morgan fingerprint density at radius 1 is 0.963 bits per heavy atom. The summed E-state index contributed by atoms with van der Waals surface area (Å²) < 4.78 is 0. The van der Waals surface area contributed by atoms with Gasteiger partial charge in [0.15, 0.2) is 0 Å². The number of hydrogen-bond acceptors (Lipinski definition) is 5. The van der Waals surface area contributed by atoms with E-state index in [1.54, 1.807) is 0 Å². The Labute approximate surface area is 165 Å². The molecule has 0 saturated carbocycles. The zero-order valence-electron chi connectivity index (χ0n) is 17.5. The van der Waals surface area contributed by atoms with Gasteiger partial charge in [-0.05, 0) is 50.5 Å². The van der Waals surface area contributed by atoms with E-state index in [9.17, 15) is 0 Å². The molecule has 5 nitrogen and oxygen atoms in total. The molecule has 4 rings (SSSR count). The molecule has 4 heterocycles. The van der Waals surface area contributed by atoms with Crippen molar-refractivity contribution in [2.75, 3.05) is 37.6 Å². The summed E-state index contributed by atoms with van der Waals surface area (Å²) in [7, 11) is 0. The van der Waals surface area contributed by atoms with Crippen molar-refractivity contribution in [3.8, 4) is 0 Å². The molecule has 3 saturated heterocycles. The smallest absolute Gasteiger partial charge is 0.225 e. The van der Waals surface area contributed by atoms with E-state index in [1.165, 1.54) is 57.3 Å². The molecule has 0 aromatic carbocycles. The molecule has 1 aromatic rings. The lowest BCUT2D eigenvalue weighted by Crippen LogP contribution is -2.46. The molecule has 3 aliphatic rings. The Kier molecular flexibility index (Phi) is 5.98. The Morgan fingerprint density at radius 2 is 1.56 bits per heavy atom. The van der Waals surface area contributed by atoms with Crippen LogP contribution in [-0.2, 0) is 6.54 Å². The molecule has 2 bridgehead atoms. The second-order valence-corrected chi connectivity index (χ2v) is 9.28. The lowest BCUT2D eigenvalue weighted by Gasteiger charge is -2.40. The molecule has 2 unspecified atom stereocenters. The Bertz CT molecular complexity index is 579. The van der Waals surface area contributed by atoms with Gasteiger partial charge in [-0.15, -0.1) is 0 Å². The maximum Gasteiger partial charge on any atom is 0.225 e. The third-order valence-electron chi connectivity index (χ3n) is 7.05. The minimum absolute atomic E-state index is 0.661. The molecule has 0 aliphatic carbocycles. The molecule has 0 N–H and O–H groups in total. The van der Waals surface area contributed by atoms with Gasteiger partial charge in [-0.2, -0.15) is 0 Å². The highest BCUT2D eigenvalue weighted by atomic mass is 15.3. The van der Waals surface area contributed by atoms with Crippen molar-refractivity contribution < 1.29 is 0 Å². The standard InChI is InChI=1S/C22H37N5/c1-4-7-25-8-10-26(11-9-25)16-18-14-23-22(24-15-18)27-20-5-6-21(27)13-19(12-20)17(2)3/h14-15,17,19-21H,4-13,16H2,1-3H3. The Balaban J connectivity index is 1.33.